The van der Waals surface area contributed by atoms with Crippen LogP contribution in [0.3, 0.4) is 0 Å². The monoisotopic (exact) mass is 508 g/mol. The van der Waals surface area contributed by atoms with Crippen molar-refractivity contribution in [3.63, 3.8) is 0 Å². The summed E-state index contributed by atoms with van der Waals surface area (Å²) in [7, 11) is 0. The zero-order chi connectivity index (χ0) is 21.3. The summed E-state index contributed by atoms with van der Waals surface area (Å²) in [5.41, 5.74) is 5.98. The maximum absolute atomic E-state index is 13.0. The van der Waals surface area contributed by atoms with E-state index in [0.717, 1.165) is 15.0 Å². The number of hydrogen-bond donors (Lipinski definition) is 2. The van der Waals surface area contributed by atoms with E-state index in [1.54, 1.807) is 0 Å². The van der Waals surface area contributed by atoms with Crippen molar-refractivity contribution >= 4 is 28.4 Å². The Bertz CT molecular complexity index is 1150. The van der Waals surface area contributed by atoms with Crippen LogP contribution in [0.4, 0.5) is 0 Å². The Morgan fingerprint density at radius 3 is 2.30 bits per heavy atom. The van der Waals surface area contributed by atoms with E-state index in [2.05, 4.69) is 83.7 Å². The van der Waals surface area contributed by atoms with Crippen LogP contribution in [0, 0.1) is 3.57 Å². The number of halogens is 1. The molecule has 152 valence electrons. The SMILES string of the molecule is CC(C)(C)c1ccc(C(c2ccc[nH]2)c2ccc(C(=O)c3cccc(I)c3)[nH]2)cc1. The Kier molecular flexibility index (Phi) is 5.69. The number of benzene rings is 2. The lowest BCUT2D eigenvalue weighted by Crippen LogP contribution is -2.12. The number of carbonyl (C=O) groups excluding carboxylic acids is 1. The highest BCUT2D eigenvalue weighted by Crippen LogP contribution is 2.32. The van der Waals surface area contributed by atoms with Crippen molar-refractivity contribution in [2.45, 2.75) is 32.1 Å². The second-order valence-corrected chi connectivity index (χ2v) is 9.84. The first-order valence-electron chi connectivity index (χ1n) is 10.1. The highest BCUT2D eigenvalue weighted by atomic mass is 127. The van der Waals surface area contributed by atoms with E-state index in [0.29, 0.717) is 11.3 Å². The fourth-order valence-corrected chi connectivity index (χ4v) is 4.27. The number of aromatic nitrogens is 2. The minimum absolute atomic E-state index is 0.00600. The molecule has 0 spiro atoms. The molecule has 30 heavy (non-hydrogen) atoms. The molecule has 2 aromatic carbocycles. The van der Waals surface area contributed by atoms with Crippen LogP contribution in [0.2, 0.25) is 0 Å². The summed E-state index contributed by atoms with van der Waals surface area (Å²) in [5.74, 6) is 0.0135. The number of rotatable bonds is 5. The average Bonchev–Trinajstić information content (AvgIpc) is 3.40. The van der Waals surface area contributed by atoms with Gasteiger partial charge >= 0.3 is 0 Å². The molecular formula is C26H25IN2O. The molecular weight excluding hydrogens is 483 g/mol. The Labute approximate surface area is 191 Å². The molecule has 2 aromatic heterocycles. The van der Waals surface area contributed by atoms with Crippen molar-refractivity contribution in [1.29, 1.82) is 0 Å². The summed E-state index contributed by atoms with van der Waals surface area (Å²) in [6, 6.07) is 24.5. The topological polar surface area (TPSA) is 48.6 Å². The van der Waals surface area contributed by atoms with Gasteiger partial charge in [0.15, 0.2) is 0 Å². The van der Waals surface area contributed by atoms with Crippen molar-refractivity contribution in [2.75, 3.05) is 0 Å². The standard InChI is InChI=1S/C26H25IN2O/c1-26(2,3)19-11-9-17(10-12-19)24(21-8-5-15-28-21)22-13-14-23(29-22)25(30)18-6-4-7-20(27)16-18/h4-16,24,28-29H,1-3H3. The van der Waals surface area contributed by atoms with Crippen LogP contribution in [-0.4, -0.2) is 15.8 Å². The predicted molar refractivity (Wildman–Crippen MR) is 130 cm³/mol. The lowest BCUT2D eigenvalue weighted by molar-refractivity contribution is 0.103. The Morgan fingerprint density at radius 2 is 1.67 bits per heavy atom. The van der Waals surface area contributed by atoms with Gasteiger partial charge in [-0.1, -0.05) is 57.2 Å². The van der Waals surface area contributed by atoms with E-state index < -0.39 is 0 Å². The van der Waals surface area contributed by atoms with E-state index in [9.17, 15) is 4.79 Å². The van der Waals surface area contributed by atoms with Gasteiger partial charge in [-0.2, -0.15) is 0 Å². The molecule has 4 heteroatoms. The molecule has 2 N–H and O–H groups in total. The van der Waals surface area contributed by atoms with E-state index in [1.807, 2.05) is 48.7 Å². The summed E-state index contributed by atoms with van der Waals surface area (Å²) in [6.07, 6.45) is 1.94. The number of aromatic amines is 2. The second-order valence-electron chi connectivity index (χ2n) is 8.60. The lowest BCUT2D eigenvalue weighted by atomic mass is 9.84. The van der Waals surface area contributed by atoms with Gasteiger partial charge in [-0.3, -0.25) is 4.79 Å². The molecule has 4 aromatic rings. The van der Waals surface area contributed by atoms with Gasteiger partial charge < -0.3 is 9.97 Å². The molecule has 1 unspecified atom stereocenters. The van der Waals surface area contributed by atoms with Gasteiger partial charge in [-0.15, -0.1) is 0 Å². The van der Waals surface area contributed by atoms with Crippen molar-refractivity contribution in [3.8, 4) is 0 Å². The maximum Gasteiger partial charge on any atom is 0.209 e. The summed E-state index contributed by atoms with van der Waals surface area (Å²) >= 11 is 2.23. The van der Waals surface area contributed by atoms with Gasteiger partial charge in [0.1, 0.15) is 0 Å². The highest BCUT2D eigenvalue weighted by molar-refractivity contribution is 14.1. The first-order valence-corrected chi connectivity index (χ1v) is 11.1. The van der Waals surface area contributed by atoms with Gasteiger partial charge in [-0.25, -0.2) is 0 Å². The fourth-order valence-electron chi connectivity index (χ4n) is 3.72. The first kappa shape index (κ1) is 20.7. The second kappa shape index (κ2) is 8.26. The Morgan fingerprint density at radius 1 is 0.900 bits per heavy atom. The Balaban J connectivity index is 1.71. The van der Waals surface area contributed by atoms with Crippen molar-refractivity contribution in [2.24, 2.45) is 0 Å². The van der Waals surface area contributed by atoms with Gasteiger partial charge in [0.25, 0.3) is 0 Å². The van der Waals surface area contributed by atoms with Crippen LogP contribution in [0.25, 0.3) is 0 Å². The molecule has 0 aliphatic heterocycles. The maximum atomic E-state index is 13.0. The number of nitrogens with one attached hydrogen (secondary N) is 2. The third kappa shape index (κ3) is 4.29. The van der Waals surface area contributed by atoms with Crippen LogP contribution in [0.1, 0.15) is 65.3 Å². The fraction of sp³-hybridized carbons (Fsp3) is 0.192. The average molecular weight is 508 g/mol. The van der Waals surface area contributed by atoms with Crippen LogP contribution in [0.15, 0.2) is 79.0 Å². The molecule has 0 fully saturated rings. The zero-order valence-electron chi connectivity index (χ0n) is 17.4. The van der Waals surface area contributed by atoms with Gasteiger partial charge in [0.2, 0.25) is 5.78 Å². The van der Waals surface area contributed by atoms with Crippen molar-refractivity contribution in [3.05, 3.63) is 116 Å². The number of H-pyrrole nitrogens is 2. The molecule has 0 amide bonds. The van der Waals surface area contributed by atoms with Crippen molar-refractivity contribution in [1.82, 2.24) is 9.97 Å². The molecule has 2 heterocycles. The van der Waals surface area contributed by atoms with E-state index in [4.69, 9.17) is 0 Å². The molecule has 1 atom stereocenters. The van der Waals surface area contributed by atoms with Crippen LogP contribution in [0.5, 0.6) is 0 Å². The van der Waals surface area contributed by atoms with Crippen LogP contribution < -0.4 is 0 Å². The van der Waals surface area contributed by atoms with E-state index in [1.165, 1.54) is 11.1 Å². The molecule has 4 rings (SSSR count). The molecule has 0 radical (unpaired) electrons. The molecule has 3 nitrogen and oxygen atoms in total. The number of ketones is 1. The van der Waals surface area contributed by atoms with Crippen LogP contribution in [-0.2, 0) is 5.41 Å². The lowest BCUT2D eigenvalue weighted by Gasteiger charge is -2.21. The molecule has 0 bridgehead atoms. The molecule has 0 aliphatic rings. The first-order chi connectivity index (χ1) is 14.3. The summed E-state index contributed by atoms with van der Waals surface area (Å²) < 4.78 is 1.05. The molecule has 0 saturated heterocycles. The molecule has 0 aliphatic carbocycles. The summed E-state index contributed by atoms with van der Waals surface area (Å²) in [4.78, 5) is 19.7. The third-order valence-electron chi connectivity index (χ3n) is 5.39. The highest BCUT2D eigenvalue weighted by Gasteiger charge is 2.22. The van der Waals surface area contributed by atoms with Crippen LogP contribution >= 0.6 is 22.6 Å². The largest absolute Gasteiger partial charge is 0.364 e. The third-order valence-corrected chi connectivity index (χ3v) is 6.07. The minimum Gasteiger partial charge on any atom is -0.364 e. The smallest absolute Gasteiger partial charge is 0.209 e. The summed E-state index contributed by atoms with van der Waals surface area (Å²) in [5, 5.41) is 0. The number of carbonyl (C=O) groups is 1. The van der Waals surface area contributed by atoms with Gasteiger partial charge in [0, 0.05) is 26.7 Å². The number of hydrogen-bond acceptors (Lipinski definition) is 1. The molecule has 0 saturated carbocycles. The van der Waals surface area contributed by atoms with Gasteiger partial charge in [-0.05, 0) is 75.5 Å². The Hall–Kier alpha value is -2.60. The normalized spacial score (nSPS) is 12.7. The minimum atomic E-state index is 0.00600. The predicted octanol–water partition coefficient (Wildman–Crippen LogP) is 6.66. The van der Waals surface area contributed by atoms with E-state index in [-0.39, 0.29) is 17.1 Å². The summed E-state index contributed by atoms with van der Waals surface area (Å²) in [6.45, 7) is 6.66. The zero-order valence-corrected chi connectivity index (χ0v) is 19.5. The van der Waals surface area contributed by atoms with E-state index >= 15 is 0 Å². The van der Waals surface area contributed by atoms with Crippen molar-refractivity contribution < 1.29 is 4.79 Å². The quantitative estimate of drug-likeness (QED) is 0.230. The van der Waals surface area contributed by atoms with Gasteiger partial charge in [0.05, 0.1) is 11.6 Å².